The van der Waals surface area contributed by atoms with Gasteiger partial charge in [-0.2, -0.15) is 0 Å². The largest absolute Gasteiger partial charge is 0.392 e. The first kappa shape index (κ1) is 21.8. The maximum Gasteiger partial charge on any atom is 0.261 e. The number of aryl methyl sites for hydroxylation is 2. The van der Waals surface area contributed by atoms with Crippen LogP contribution in [0.3, 0.4) is 0 Å². The lowest BCUT2D eigenvalue weighted by Crippen LogP contribution is -2.18. The van der Waals surface area contributed by atoms with E-state index in [2.05, 4.69) is 9.44 Å². The first-order valence-corrected chi connectivity index (χ1v) is 12.0. The molecule has 158 valence electrons. The molecule has 0 saturated heterocycles. The first-order chi connectivity index (χ1) is 14.1. The summed E-state index contributed by atoms with van der Waals surface area (Å²) in [4.78, 5) is 0.0847. The van der Waals surface area contributed by atoms with Gasteiger partial charge in [-0.1, -0.05) is 41.5 Å². The van der Waals surface area contributed by atoms with Crippen LogP contribution in [-0.4, -0.2) is 21.9 Å². The maximum atomic E-state index is 12.8. The standard InChI is InChI=1S/C21H22N2O5S2/c1-15-3-8-18(9-4-15)29(25,26)22-20-12-7-17(14-24)13-21(20)23-30(27,28)19-10-5-16(2)6-11-19/h3-13,22-24H,14H2,1-2H3. The Balaban J connectivity index is 1.98. The van der Waals surface area contributed by atoms with E-state index in [0.29, 0.717) is 5.56 Å². The van der Waals surface area contributed by atoms with Gasteiger partial charge in [0.1, 0.15) is 0 Å². The highest BCUT2D eigenvalue weighted by Crippen LogP contribution is 2.29. The molecule has 0 atom stereocenters. The maximum absolute atomic E-state index is 12.8. The topological polar surface area (TPSA) is 113 Å². The van der Waals surface area contributed by atoms with Gasteiger partial charge in [0.15, 0.2) is 0 Å². The quantitative estimate of drug-likeness (QED) is 0.515. The van der Waals surface area contributed by atoms with E-state index in [1.807, 2.05) is 13.8 Å². The summed E-state index contributed by atoms with van der Waals surface area (Å²) in [7, 11) is -7.92. The van der Waals surface area contributed by atoms with E-state index < -0.39 is 20.0 Å². The van der Waals surface area contributed by atoms with Gasteiger partial charge in [0.25, 0.3) is 20.0 Å². The molecule has 30 heavy (non-hydrogen) atoms. The number of rotatable bonds is 7. The number of hydrogen-bond donors (Lipinski definition) is 3. The average molecular weight is 447 g/mol. The number of anilines is 2. The highest BCUT2D eigenvalue weighted by molar-refractivity contribution is 7.93. The van der Waals surface area contributed by atoms with E-state index in [9.17, 15) is 21.9 Å². The molecule has 3 rings (SSSR count). The summed E-state index contributed by atoms with van der Waals surface area (Å²) < 4.78 is 55.9. The molecular formula is C21H22N2O5S2. The zero-order chi connectivity index (χ0) is 21.9. The summed E-state index contributed by atoms with van der Waals surface area (Å²) in [5.41, 5.74) is 2.30. The van der Waals surface area contributed by atoms with Crippen molar-refractivity contribution in [2.75, 3.05) is 9.44 Å². The van der Waals surface area contributed by atoms with E-state index in [1.54, 1.807) is 24.3 Å². The fourth-order valence-corrected chi connectivity index (χ4v) is 4.86. The SMILES string of the molecule is Cc1ccc(S(=O)(=O)Nc2ccc(CO)cc2NS(=O)(=O)c2ccc(C)cc2)cc1. The summed E-state index contributed by atoms with van der Waals surface area (Å²) in [6, 6.07) is 16.8. The van der Waals surface area contributed by atoms with Crippen LogP contribution in [0.1, 0.15) is 16.7 Å². The van der Waals surface area contributed by atoms with E-state index in [0.717, 1.165) is 11.1 Å². The monoisotopic (exact) mass is 446 g/mol. The lowest BCUT2D eigenvalue weighted by molar-refractivity contribution is 0.282. The number of aliphatic hydroxyl groups is 1. The van der Waals surface area contributed by atoms with Crippen LogP contribution < -0.4 is 9.44 Å². The average Bonchev–Trinajstić information content (AvgIpc) is 2.69. The van der Waals surface area contributed by atoms with Crippen LogP contribution in [0, 0.1) is 13.8 Å². The molecule has 0 spiro atoms. The predicted molar refractivity (Wildman–Crippen MR) is 116 cm³/mol. The van der Waals surface area contributed by atoms with Gasteiger partial charge in [-0.3, -0.25) is 9.44 Å². The van der Waals surface area contributed by atoms with Gasteiger partial charge in [0, 0.05) is 0 Å². The van der Waals surface area contributed by atoms with Crippen LogP contribution >= 0.6 is 0 Å². The summed E-state index contributed by atoms with van der Waals surface area (Å²) in [5, 5.41) is 9.42. The fourth-order valence-electron chi connectivity index (χ4n) is 2.71. The molecule has 0 aliphatic carbocycles. The number of benzene rings is 3. The Hall–Kier alpha value is -2.88. The van der Waals surface area contributed by atoms with Gasteiger partial charge < -0.3 is 5.11 Å². The second-order valence-corrected chi connectivity index (χ2v) is 10.2. The summed E-state index contributed by atoms with van der Waals surface area (Å²) in [5.74, 6) is 0. The molecule has 0 heterocycles. The number of sulfonamides is 2. The van der Waals surface area contributed by atoms with Gasteiger partial charge >= 0.3 is 0 Å². The normalized spacial score (nSPS) is 11.8. The Morgan fingerprint density at radius 3 is 1.53 bits per heavy atom. The van der Waals surface area contributed by atoms with Crippen molar-refractivity contribution in [1.82, 2.24) is 0 Å². The van der Waals surface area contributed by atoms with E-state index in [-0.39, 0.29) is 27.8 Å². The second kappa shape index (κ2) is 8.47. The molecule has 3 aromatic carbocycles. The molecule has 0 saturated carbocycles. The Labute approximate surface area is 176 Å². The van der Waals surface area contributed by atoms with Gasteiger partial charge in [0.2, 0.25) is 0 Å². The highest BCUT2D eigenvalue weighted by atomic mass is 32.2. The molecule has 3 aromatic rings. The first-order valence-electron chi connectivity index (χ1n) is 9.03. The molecule has 0 aromatic heterocycles. The number of hydrogen-bond acceptors (Lipinski definition) is 5. The molecule has 0 aliphatic rings. The van der Waals surface area contributed by atoms with Crippen LogP contribution in [0.2, 0.25) is 0 Å². The van der Waals surface area contributed by atoms with Crippen molar-refractivity contribution in [2.45, 2.75) is 30.2 Å². The van der Waals surface area contributed by atoms with Crippen LogP contribution in [0.5, 0.6) is 0 Å². The molecule has 9 heteroatoms. The summed E-state index contributed by atoms with van der Waals surface area (Å²) in [6.07, 6.45) is 0. The Kier molecular flexibility index (Phi) is 6.16. The third-order valence-corrected chi connectivity index (χ3v) is 7.18. The predicted octanol–water partition coefficient (Wildman–Crippen LogP) is 3.40. The summed E-state index contributed by atoms with van der Waals surface area (Å²) in [6.45, 7) is 3.35. The van der Waals surface area contributed by atoms with Gasteiger partial charge in [-0.25, -0.2) is 16.8 Å². The summed E-state index contributed by atoms with van der Waals surface area (Å²) >= 11 is 0. The Morgan fingerprint density at radius 2 is 1.10 bits per heavy atom. The molecular weight excluding hydrogens is 424 g/mol. The minimum absolute atomic E-state index is 0.0119. The van der Waals surface area contributed by atoms with Crippen molar-refractivity contribution in [2.24, 2.45) is 0 Å². The smallest absolute Gasteiger partial charge is 0.261 e. The van der Waals surface area contributed by atoms with Gasteiger partial charge in [-0.05, 0) is 55.8 Å². The third kappa shape index (κ3) is 4.99. The molecule has 0 amide bonds. The van der Waals surface area contributed by atoms with Crippen LogP contribution in [0.4, 0.5) is 11.4 Å². The minimum Gasteiger partial charge on any atom is -0.392 e. The number of nitrogens with one attached hydrogen (secondary N) is 2. The van der Waals surface area contributed by atoms with Crippen molar-refractivity contribution < 1.29 is 21.9 Å². The zero-order valence-corrected chi connectivity index (χ0v) is 18.1. The molecule has 0 unspecified atom stereocenters. The van der Waals surface area contributed by atoms with Gasteiger partial charge in [0.05, 0.1) is 27.8 Å². The van der Waals surface area contributed by atoms with Crippen molar-refractivity contribution in [1.29, 1.82) is 0 Å². The van der Waals surface area contributed by atoms with E-state index >= 15 is 0 Å². The fraction of sp³-hybridized carbons (Fsp3) is 0.143. The van der Waals surface area contributed by atoms with Crippen molar-refractivity contribution in [3.8, 4) is 0 Å². The second-order valence-electron chi connectivity index (χ2n) is 6.88. The molecule has 0 radical (unpaired) electrons. The Bertz CT molecular complexity index is 1250. The van der Waals surface area contributed by atoms with Gasteiger partial charge in [-0.15, -0.1) is 0 Å². The highest BCUT2D eigenvalue weighted by Gasteiger charge is 2.20. The molecule has 0 aliphatic heterocycles. The third-order valence-electron chi connectivity index (χ3n) is 4.42. The lowest BCUT2D eigenvalue weighted by atomic mass is 10.2. The molecule has 3 N–H and O–H groups in total. The minimum atomic E-state index is -3.97. The van der Waals surface area contributed by atoms with Crippen LogP contribution in [0.15, 0.2) is 76.5 Å². The van der Waals surface area contributed by atoms with Crippen molar-refractivity contribution >= 4 is 31.4 Å². The number of aliphatic hydroxyl groups excluding tert-OH is 1. The lowest BCUT2D eigenvalue weighted by Gasteiger charge is -2.16. The van der Waals surface area contributed by atoms with Crippen LogP contribution in [-0.2, 0) is 26.7 Å². The molecule has 0 bridgehead atoms. The zero-order valence-electron chi connectivity index (χ0n) is 16.5. The molecule has 7 nitrogen and oxygen atoms in total. The molecule has 0 fully saturated rings. The van der Waals surface area contributed by atoms with Crippen molar-refractivity contribution in [3.05, 3.63) is 83.4 Å². The van der Waals surface area contributed by atoms with E-state index in [4.69, 9.17) is 0 Å². The van der Waals surface area contributed by atoms with Crippen molar-refractivity contribution in [3.63, 3.8) is 0 Å². The Morgan fingerprint density at radius 1 is 0.667 bits per heavy atom. The van der Waals surface area contributed by atoms with Crippen LogP contribution in [0.25, 0.3) is 0 Å². The van der Waals surface area contributed by atoms with E-state index in [1.165, 1.54) is 42.5 Å².